The molecule has 60 valence electrons. The van der Waals surface area contributed by atoms with Crippen molar-refractivity contribution in [3.8, 4) is 0 Å². The van der Waals surface area contributed by atoms with Crippen LogP contribution in [0.5, 0.6) is 0 Å². The molecule has 0 aliphatic rings. The van der Waals surface area contributed by atoms with E-state index in [1.807, 2.05) is 13.8 Å². The topological polar surface area (TPSA) is 41.1 Å². The normalized spacial score (nSPS) is 9.00. The van der Waals surface area contributed by atoms with Crippen LogP contribution in [0.4, 0.5) is 4.79 Å². The Morgan fingerprint density at radius 1 is 1.20 bits per heavy atom. The minimum Gasteiger partial charge on any atom is -0.281 e. The van der Waals surface area contributed by atoms with E-state index in [4.69, 9.17) is 0 Å². The predicted molar refractivity (Wildman–Crippen MR) is 47.9 cm³/mol. The van der Waals surface area contributed by atoms with Crippen molar-refractivity contribution in [3.63, 3.8) is 0 Å². The fourth-order valence-electron chi connectivity index (χ4n) is 0.296. The first-order chi connectivity index (χ1) is 4.81. The molecule has 0 aromatic heterocycles. The molecule has 0 aliphatic carbocycles. The molecule has 0 rings (SSSR count). The van der Waals surface area contributed by atoms with Gasteiger partial charge in [0.25, 0.3) is 0 Å². The van der Waals surface area contributed by atoms with Gasteiger partial charge in [0.15, 0.2) is 0 Å². The zero-order valence-corrected chi connectivity index (χ0v) is 7.77. The van der Waals surface area contributed by atoms with E-state index < -0.39 is 0 Å². The molecule has 0 radical (unpaired) electrons. The van der Waals surface area contributed by atoms with E-state index in [1.165, 1.54) is 23.9 Å². The molecule has 5 heteroatoms. The molecule has 0 saturated heterocycles. The Hall–Kier alpha value is -0.0300. The molecule has 0 unspecified atom stereocenters. The van der Waals surface area contributed by atoms with Gasteiger partial charge in [-0.2, -0.15) is 0 Å². The second-order valence-corrected chi connectivity index (χ2v) is 3.54. The average Bonchev–Trinajstić information content (AvgIpc) is 1.97. The molecule has 0 saturated carbocycles. The second-order valence-electron chi connectivity index (χ2n) is 1.40. The minimum atomic E-state index is -0.126. The molecule has 0 aromatic rings. The Balaban J connectivity index is 3.09. The average molecular weight is 180 g/mol. The van der Waals surface area contributed by atoms with Gasteiger partial charge in [-0.05, 0) is 23.9 Å². The first-order valence-corrected chi connectivity index (χ1v) is 5.08. The molecule has 10 heavy (non-hydrogen) atoms. The quantitative estimate of drug-likeness (QED) is 0.646. The fourth-order valence-corrected chi connectivity index (χ4v) is 1.01. The Labute approximate surface area is 70.0 Å². The monoisotopic (exact) mass is 180 g/mol. The zero-order chi connectivity index (χ0) is 7.82. The van der Waals surface area contributed by atoms with Crippen LogP contribution in [0.15, 0.2) is 0 Å². The Morgan fingerprint density at radius 2 is 1.60 bits per heavy atom. The van der Waals surface area contributed by atoms with Crippen LogP contribution in [0, 0.1) is 0 Å². The predicted octanol–water partition coefficient (Wildman–Crippen LogP) is 1.62. The highest BCUT2D eigenvalue weighted by Crippen LogP contribution is 1.93. The maximum absolute atomic E-state index is 10.7. The van der Waals surface area contributed by atoms with Crippen LogP contribution < -0.4 is 9.44 Å². The summed E-state index contributed by atoms with van der Waals surface area (Å²) in [6.07, 6.45) is 0. The third kappa shape index (κ3) is 6.10. The zero-order valence-electron chi connectivity index (χ0n) is 6.14. The third-order valence-corrected chi connectivity index (χ3v) is 1.86. The largest absolute Gasteiger partial charge is 0.334 e. The van der Waals surface area contributed by atoms with Crippen molar-refractivity contribution in [2.75, 3.05) is 11.5 Å². The smallest absolute Gasteiger partial charge is 0.281 e. The molecule has 0 spiro atoms. The summed E-state index contributed by atoms with van der Waals surface area (Å²) < 4.78 is 5.23. The molecule has 0 aromatic carbocycles. The first-order valence-electron chi connectivity index (χ1n) is 3.10. The number of amides is 2. The SMILES string of the molecule is CCSNC(=O)NSCC. The second kappa shape index (κ2) is 7.08. The Kier molecular flexibility index (Phi) is 7.06. The van der Waals surface area contributed by atoms with E-state index in [1.54, 1.807) is 0 Å². The highest BCUT2D eigenvalue weighted by atomic mass is 32.2. The van der Waals surface area contributed by atoms with Gasteiger partial charge in [-0.15, -0.1) is 0 Å². The summed E-state index contributed by atoms with van der Waals surface area (Å²) in [7, 11) is 0. The number of urea groups is 1. The van der Waals surface area contributed by atoms with Gasteiger partial charge >= 0.3 is 6.03 Å². The van der Waals surface area contributed by atoms with Gasteiger partial charge in [-0.1, -0.05) is 13.8 Å². The van der Waals surface area contributed by atoms with Gasteiger partial charge < -0.3 is 0 Å². The van der Waals surface area contributed by atoms with Crippen LogP contribution in [0.3, 0.4) is 0 Å². The molecular formula is C5H12N2OS2. The third-order valence-electron chi connectivity index (χ3n) is 0.618. The highest BCUT2D eigenvalue weighted by Gasteiger charge is 1.95. The van der Waals surface area contributed by atoms with Crippen LogP contribution in [0.1, 0.15) is 13.8 Å². The number of nitrogens with one attached hydrogen (secondary N) is 2. The lowest BCUT2D eigenvalue weighted by Crippen LogP contribution is -2.26. The molecule has 3 nitrogen and oxygen atoms in total. The van der Waals surface area contributed by atoms with Crippen LogP contribution in [0.2, 0.25) is 0 Å². The number of carbonyl (C=O) groups excluding carboxylic acids is 1. The summed E-state index contributed by atoms with van der Waals surface area (Å²) in [6.45, 7) is 3.97. The summed E-state index contributed by atoms with van der Waals surface area (Å²) >= 11 is 2.78. The van der Waals surface area contributed by atoms with Gasteiger partial charge in [0.2, 0.25) is 0 Å². The van der Waals surface area contributed by atoms with Gasteiger partial charge in [0.1, 0.15) is 0 Å². The fraction of sp³-hybridized carbons (Fsp3) is 0.800. The van der Waals surface area contributed by atoms with E-state index in [9.17, 15) is 4.79 Å². The van der Waals surface area contributed by atoms with Crippen LogP contribution >= 0.6 is 23.9 Å². The number of carbonyl (C=O) groups is 1. The van der Waals surface area contributed by atoms with E-state index in [0.29, 0.717) is 0 Å². The highest BCUT2D eigenvalue weighted by molar-refractivity contribution is 7.99. The Bertz CT molecular complexity index is 89.6. The summed E-state index contributed by atoms with van der Waals surface area (Å²) in [6, 6.07) is -0.126. The molecule has 0 fully saturated rings. The lowest BCUT2D eigenvalue weighted by atomic mass is 11.0. The van der Waals surface area contributed by atoms with Crippen LogP contribution in [0.25, 0.3) is 0 Å². The first kappa shape index (κ1) is 9.97. The number of hydrogen-bond acceptors (Lipinski definition) is 3. The molecule has 2 N–H and O–H groups in total. The van der Waals surface area contributed by atoms with Crippen molar-refractivity contribution in [2.24, 2.45) is 0 Å². The standard InChI is InChI=1S/C5H12N2OS2/c1-3-9-6-5(8)7-10-4-2/h3-4H2,1-2H3,(H2,6,7,8). The molecule has 0 atom stereocenters. The summed E-state index contributed by atoms with van der Waals surface area (Å²) in [4.78, 5) is 10.7. The number of hydrogen-bond donors (Lipinski definition) is 2. The van der Waals surface area contributed by atoms with Gasteiger partial charge in [-0.25, -0.2) is 4.79 Å². The van der Waals surface area contributed by atoms with Gasteiger partial charge in [0.05, 0.1) is 0 Å². The van der Waals surface area contributed by atoms with Gasteiger partial charge in [-0.3, -0.25) is 9.44 Å². The number of rotatable bonds is 4. The van der Waals surface area contributed by atoms with E-state index in [2.05, 4.69) is 9.44 Å². The lowest BCUT2D eigenvalue weighted by molar-refractivity contribution is 0.252. The van der Waals surface area contributed by atoms with Crippen molar-refractivity contribution in [3.05, 3.63) is 0 Å². The van der Waals surface area contributed by atoms with E-state index in [0.717, 1.165) is 11.5 Å². The van der Waals surface area contributed by atoms with E-state index in [-0.39, 0.29) is 6.03 Å². The summed E-state index contributed by atoms with van der Waals surface area (Å²) in [5, 5.41) is 0. The summed E-state index contributed by atoms with van der Waals surface area (Å²) in [5.41, 5.74) is 0. The lowest BCUT2D eigenvalue weighted by Gasteiger charge is -2.01. The maximum atomic E-state index is 10.7. The molecule has 2 amide bonds. The minimum absolute atomic E-state index is 0.126. The van der Waals surface area contributed by atoms with Gasteiger partial charge in [0, 0.05) is 11.5 Å². The van der Waals surface area contributed by atoms with Crippen molar-refractivity contribution in [1.82, 2.24) is 9.44 Å². The summed E-state index contributed by atoms with van der Waals surface area (Å²) in [5.74, 6) is 1.79. The van der Waals surface area contributed by atoms with Crippen molar-refractivity contribution in [1.29, 1.82) is 0 Å². The van der Waals surface area contributed by atoms with Crippen molar-refractivity contribution in [2.45, 2.75) is 13.8 Å². The molecule has 0 bridgehead atoms. The molecule has 0 heterocycles. The molecule has 0 aliphatic heterocycles. The van der Waals surface area contributed by atoms with Crippen molar-refractivity contribution >= 4 is 29.9 Å². The van der Waals surface area contributed by atoms with Crippen LogP contribution in [-0.2, 0) is 0 Å². The van der Waals surface area contributed by atoms with Crippen molar-refractivity contribution < 1.29 is 4.79 Å². The maximum Gasteiger partial charge on any atom is 0.334 e. The van der Waals surface area contributed by atoms with Crippen LogP contribution in [-0.4, -0.2) is 17.5 Å². The van der Waals surface area contributed by atoms with E-state index >= 15 is 0 Å². The Morgan fingerprint density at radius 3 is 1.90 bits per heavy atom. The molecular weight excluding hydrogens is 168 g/mol.